The predicted octanol–water partition coefficient (Wildman–Crippen LogP) is -0.736. The summed E-state index contributed by atoms with van der Waals surface area (Å²) in [4.78, 5) is 9.86. The molecule has 0 aromatic carbocycles. The normalized spacial score (nSPS) is 18.3. The van der Waals surface area contributed by atoms with Crippen LogP contribution in [0.15, 0.2) is 12.4 Å². The lowest BCUT2D eigenvalue weighted by Gasteiger charge is -2.33. The van der Waals surface area contributed by atoms with E-state index in [-0.39, 0.29) is 5.75 Å². The molecule has 1 aromatic heterocycles. The molecule has 1 fully saturated rings. The lowest BCUT2D eigenvalue weighted by Crippen LogP contribution is -2.48. The molecule has 17 heavy (non-hydrogen) atoms. The summed E-state index contributed by atoms with van der Waals surface area (Å²) in [5.74, 6) is 0.527. The Labute approximate surface area is 99.8 Å². The van der Waals surface area contributed by atoms with Gasteiger partial charge in [0.2, 0.25) is 16.0 Å². The van der Waals surface area contributed by atoms with Gasteiger partial charge < -0.3 is 10.0 Å². The van der Waals surface area contributed by atoms with E-state index in [1.165, 1.54) is 23.0 Å². The van der Waals surface area contributed by atoms with Crippen molar-refractivity contribution in [3.05, 3.63) is 12.4 Å². The molecule has 94 valence electrons. The number of sulfonamides is 1. The number of anilines is 1. The number of rotatable bonds is 2. The molecule has 1 N–H and O–H groups in total. The van der Waals surface area contributed by atoms with Gasteiger partial charge in [0.05, 0.1) is 18.6 Å². The number of nitrogens with zero attached hydrogens (tertiary/aromatic N) is 4. The van der Waals surface area contributed by atoms with E-state index in [9.17, 15) is 8.42 Å². The van der Waals surface area contributed by atoms with E-state index in [2.05, 4.69) is 9.97 Å². The van der Waals surface area contributed by atoms with Gasteiger partial charge in [-0.25, -0.2) is 18.4 Å². The minimum atomic E-state index is -3.11. The topological polar surface area (TPSA) is 86.6 Å². The molecule has 0 unspecified atom stereocenters. The zero-order valence-corrected chi connectivity index (χ0v) is 10.3. The maximum atomic E-state index is 11.3. The van der Waals surface area contributed by atoms with Crippen LogP contribution in [0.2, 0.25) is 0 Å². The fraction of sp³-hybridized carbons (Fsp3) is 0.556. The van der Waals surface area contributed by atoms with E-state index in [0.29, 0.717) is 32.1 Å². The summed E-state index contributed by atoms with van der Waals surface area (Å²) in [5.41, 5.74) is 0. The van der Waals surface area contributed by atoms with E-state index in [1.54, 1.807) is 0 Å². The first-order chi connectivity index (χ1) is 7.97. The highest BCUT2D eigenvalue weighted by Crippen LogP contribution is 2.13. The second-order valence-electron chi connectivity index (χ2n) is 3.89. The number of aromatic nitrogens is 2. The number of aromatic hydroxyl groups is 1. The van der Waals surface area contributed by atoms with E-state index in [4.69, 9.17) is 5.11 Å². The summed E-state index contributed by atoms with van der Waals surface area (Å²) < 4.78 is 24.1. The molecule has 1 saturated heterocycles. The van der Waals surface area contributed by atoms with Gasteiger partial charge in [-0.2, -0.15) is 4.31 Å². The fourth-order valence-corrected chi connectivity index (χ4v) is 2.52. The van der Waals surface area contributed by atoms with Crippen LogP contribution in [0.5, 0.6) is 5.75 Å². The molecular formula is C9H14N4O3S. The van der Waals surface area contributed by atoms with Crippen LogP contribution < -0.4 is 4.90 Å². The van der Waals surface area contributed by atoms with Gasteiger partial charge in [-0.05, 0) is 0 Å². The van der Waals surface area contributed by atoms with Crippen molar-refractivity contribution in [3.63, 3.8) is 0 Å². The van der Waals surface area contributed by atoms with Gasteiger partial charge >= 0.3 is 0 Å². The molecule has 2 rings (SSSR count). The van der Waals surface area contributed by atoms with Crippen LogP contribution in [0, 0.1) is 0 Å². The summed E-state index contributed by atoms with van der Waals surface area (Å²) in [6.45, 7) is 1.97. The standard InChI is InChI=1S/C9H14N4O3S/c1-17(15,16)13-4-2-12(3-5-13)9-10-6-8(14)7-11-9/h6-7,14H,2-5H2,1H3. The molecule has 1 aliphatic heterocycles. The van der Waals surface area contributed by atoms with Crippen LogP contribution in [0.25, 0.3) is 0 Å². The van der Waals surface area contributed by atoms with Gasteiger partial charge in [-0.3, -0.25) is 0 Å². The van der Waals surface area contributed by atoms with Crippen LogP contribution in [0.1, 0.15) is 0 Å². The number of hydrogen-bond acceptors (Lipinski definition) is 6. The van der Waals surface area contributed by atoms with Crippen molar-refractivity contribution in [1.29, 1.82) is 0 Å². The van der Waals surface area contributed by atoms with Gasteiger partial charge in [-0.1, -0.05) is 0 Å². The molecule has 7 nitrogen and oxygen atoms in total. The SMILES string of the molecule is CS(=O)(=O)N1CCN(c2ncc(O)cn2)CC1. The molecular weight excluding hydrogens is 244 g/mol. The number of hydrogen-bond donors (Lipinski definition) is 1. The Hall–Kier alpha value is -1.41. The summed E-state index contributed by atoms with van der Waals surface area (Å²) in [6.07, 6.45) is 3.86. The fourth-order valence-electron chi connectivity index (χ4n) is 1.70. The highest BCUT2D eigenvalue weighted by atomic mass is 32.2. The Bertz CT molecular complexity index is 479. The van der Waals surface area contributed by atoms with E-state index in [0.717, 1.165) is 0 Å². The van der Waals surface area contributed by atoms with E-state index >= 15 is 0 Å². The molecule has 0 saturated carbocycles. The quantitative estimate of drug-likeness (QED) is 0.752. The van der Waals surface area contributed by atoms with Crippen molar-refractivity contribution < 1.29 is 13.5 Å². The molecule has 0 atom stereocenters. The first-order valence-corrected chi connectivity index (χ1v) is 7.03. The second-order valence-corrected chi connectivity index (χ2v) is 5.87. The third kappa shape index (κ3) is 2.83. The molecule has 1 aromatic rings. The van der Waals surface area contributed by atoms with Crippen LogP contribution in [0.4, 0.5) is 5.95 Å². The molecule has 1 aliphatic rings. The summed E-state index contributed by atoms with van der Waals surface area (Å²) >= 11 is 0. The van der Waals surface area contributed by atoms with E-state index < -0.39 is 10.0 Å². The minimum absolute atomic E-state index is 0.0171. The van der Waals surface area contributed by atoms with Crippen LogP contribution in [-0.4, -0.2) is 60.2 Å². The Morgan fingerprint density at radius 1 is 1.18 bits per heavy atom. The predicted molar refractivity (Wildman–Crippen MR) is 62.3 cm³/mol. The molecule has 0 bridgehead atoms. The van der Waals surface area contributed by atoms with Crippen molar-refractivity contribution >= 4 is 16.0 Å². The minimum Gasteiger partial charge on any atom is -0.505 e. The average Bonchev–Trinajstić information content (AvgIpc) is 2.29. The first kappa shape index (κ1) is 12.1. The van der Waals surface area contributed by atoms with E-state index in [1.807, 2.05) is 4.90 Å². The highest BCUT2D eigenvalue weighted by Gasteiger charge is 2.24. The lowest BCUT2D eigenvalue weighted by molar-refractivity contribution is 0.385. The van der Waals surface area contributed by atoms with Crippen molar-refractivity contribution in [1.82, 2.24) is 14.3 Å². The molecule has 0 radical (unpaired) electrons. The smallest absolute Gasteiger partial charge is 0.225 e. The Morgan fingerprint density at radius 3 is 2.18 bits per heavy atom. The van der Waals surface area contributed by atoms with Crippen LogP contribution in [0.3, 0.4) is 0 Å². The summed E-state index contributed by atoms with van der Waals surface area (Å²) in [6, 6.07) is 0. The average molecular weight is 258 g/mol. The molecule has 0 amide bonds. The Balaban J connectivity index is 2.02. The van der Waals surface area contributed by atoms with Gasteiger partial charge in [0.25, 0.3) is 0 Å². The third-order valence-electron chi connectivity index (χ3n) is 2.62. The second kappa shape index (κ2) is 4.46. The highest BCUT2D eigenvalue weighted by molar-refractivity contribution is 7.88. The van der Waals surface area contributed by atoms with Crippen molar-refractivity contribution in [3.8, 4) is 5.75 Å². The Morgan fingerprint density at radius 2 is 1.71 bits per heavy atom. The Kier molecular flexibility index (Phi) is 3.16. The van der Waals surface area contributed by atoms with Gasteiger partial charge in [0, 0.05) is 26.2 Å². The molecule has 0 aliphatic carbocycles. The third-order valence-corrected chi connectivity index (χ3v) is 3.92. The zero-order valence-electron chi connectivity index (χ0n) is 9.44. The monoisotopic (exact) mass is 258 g/mol. The van der Waals surface area contributed by atoms with Crippen molar-refractivity contribution in [2.24, 2.45) is 0 Å². The van der Waals surface area contributed by atoms with Crippen molar-refractivity contribution in [2.45, 2.75) is 0 Å². The largest absolute Gasteiger partial charge is 0.505 e. The molecule has 8 heteroatoms. The molecule has 2 heterocycles. The van der Waals surface area contributed by atoms with Gasteiger partial charge in [-0.15, -0.1) is 0 Å². The maximum Gasteiger partial charge on any atom is 0.225 e. The van der Waals surface area contributed by atoms with Crippen LogP contribution in [-0.2, 0) is 10.0 Å². The zero-order chi connectivity index (χ0) is 12.5. The van der Waals surface area contributed by atoms with Crippen LogP contribution >= 0.6 is 0 Å². The summed E-state index contributed by atoms with van der Waals surface area (Å²) in [7, 11) is -3.11. The number of piperazine rings is 1. The van der Waals surface area contributed by atoms with Gasteiger partial charge in [0.1, 0.15) is 0 Å². The van der Waals surface area contributed by atoms with Gasteiger partial charge in [0.15, 0.2) is 5.75 Å². The first-order valence-electron chi connectivity index (χ1n) is 5.18. The molecule has 0 spiro atoms. The lowest BCUT2D eigenvalue weighted by atomic mass is 10.4. The van der Waals surface area contributed by atoms with Crippen molar-refractivity contribution in [2.75, 3.05) is 37.3 Å². The maximum absolute atomic E-state index is 11.3. The summed E-state index contributed by atoms with van der Waals surface area (Å²) in [5, 5.41) is 9.07.